The van der Waals surface area contributed by atoms with Gasteiger partial charge in [0.15, 0.2) is 11.6 Å². The molecule has 1 aromatic heterocycles. The lowest BCUT2D eigenvalue weighted by atomic mass is 10.0. The monoisotopic (exact) mass is 358 g/mol. The zero-order chi connectivity index (χ0) is 18.5. The fourth-order valence-electron chi connectivity index (χ4n) is 2.56. The van der Waals surface area contributed by atoms with Crippen LogP contribution in [0, 0.1) is 5.82 Å². The molecule has 0 saturated heterocycles. The quantitative estimate of drug-likeness (QED) is 0.727. The van der Waals surface area contributed by atoms with Crippen LogP contribution in [0.1, 0.15) is 22.5 Å². The first kappa shape index (κ1) is 16.9. The highest BCUT2D eigenvalue weighted by molar-refractivity contribution is 6.00. The van der Waals surface area contributed by atoms with E-state index in [1.54, 1.807) is 0 Å². The molecule has 0 amide bonds. The van der Waals surface area contributed by atoms with Gasteiger partial charge in [0.25, 0.3) is 5.56 Å². The Bertz CT molecular complexity index is 1000. The summed E-state index contributed by atoms with van der Waals surface area (Å²) >= 11 is 0. The maximum Gasteiger partial charge on any atom is 0.431 e. The van der Waals surface area contributed by atoms with Gasteiger partial charge < -0.3 is 4.74 Å². The van der Waals surface area contributed by atoms with Crippen LogP contribution < -0.4 is 16.0 Å². The molecule has 0 bridgehead atoms. The molecule has 3 rings (SSSR count). The zero-order valence-electron chi connectivity index (χ0n) is 12.7. The second-order valence-electron chi connectivity index (χ2n) is 5.36. The van der Waals surface area contributed by atoms with E-state index in [0.29, 0.717) is 0 Å². The molecule has 0 fully saturated rings. The summed E-state index contributed by atoms with van der Waals surface area (Å²) in [7, 11) is 0.811. The largest absolute Gasteiger partial charge is 0.492 e. The Labute approximate surface area is 136 Å². The van der Waals surface area contributed by atoms with Crippen LogP contribution >= 0.6 is 0 Å². The van der Waals surface area contributed by atoms with Crippen LogP contribution in [0.3, 0.4) is 0 Å². The van der Waals surface area contributed by atoms with Crippen molar-refractivity contribution >= 4 is 5.78 Å². The molecule has 6 nitrogen and oxygen atoms in total. The van der Waals surface area contributed by atoms with E-state index in [2.05, 4.69) is 0 Å². The molecule has 0 aliphatic carbocycles. The fourth-order valence-corrected chi connectivity index (χ4v) is 2.56. The maximum atomic E-state index is 14.3. The molecule has 132 valence electrons. The van der Waals surface area contributed by atoms with E-state index < -0.39 is 34.6 Å². The molecule has 1 aliphatic heterocycles. The van der Waals surface area contributed by atoms with Gasteiger partial charge in [-0.25, -0.2) is 13.8 Å². The molecule has 0 radical (unpaired) electrons. The summed E-state index contributed by atoms with van der Waals surface area (Å²) in [6, 6.07) is 1.95. The van der Waals surface area contributed by atoms with Crippen molar-refractivity contribution in [1.29, 1.82) is 0 Å². The van der Waals surface area contributed by atoms with Crippen molar-refractivity contribution in [2.24, 2.45) is 7.05 Å². The number of ether oxygens (including phenoxy) is 1. The van der Waals surface area contributed by atoms with Crippen molar-refractivity contribution in [2.45, 2.75) is 12.6 Å². The number of benzene rings is 1. The number of rotatable bonds is 1. The molecule has 2 aromatic rings. The van der Waals surface area contributed by atoms with Crippen molar-refractivity contribution in [3.63, 3.8) is 0 Å². The topological polar surface area (TPSA) is 70.3 Å². The first-order valence-electron chi connectivity index (χ1n) is 7.01. The third-order valence-corrected chi connectivity index (χ3v) is 3.79. The molecule has 0 saturated carbocycles. The molecule has 0 atom stereocenters. The van der Waals surface area contributed by atoms with E-state index in [1.165, 1.54) is 0 Å². The fraction of sp³-hybridized carbons (Fsp3) is 0.267. The van der Waals surface area contributed by atoms with Crippen LogP contribution in [0.2, 0.25) is 0 Å². The number of carbonyl (C=O) groups is 1. The number of aromatic nitrogens is 2. The predicted octanol–water partition coefficient (Wildman–Crippen LogP) is 1.66. The van der Waals surface area contributed by atoms with E-state index in [1.807, 2.05) is 0 Å². The number of carbonyl (C=O) groups excluding carboxylic acids is 1. The van der Waals surface area contributed by atoms with Gasteiger partial charge in [-0.05, 0) is 6.07 Å². The van der Waals surface area contributed by atoms with Gasteiger partial charge in [-0.2, -0.15) is 13.2 Å². The van der Waals surface area contributed by atoms with E-state index in [4.69, 9.17) is 4.74 Å². The van der Waals surface area contributed by atoms with Crippen LogP contribution in [-0.2, 0) is 13.2 Å². The molecule has 2 heterocycles. The third-order valence-electron chi connectivity index (χ3n) is 3.79. The minimum Gasteiger partial charge on any atom is -0.492 e. The minimum atomic E-state index is -4.93. The highest BCUT2D eigenvalue weighted by atomic mass is 19.4. The number of hydrogen-bond acceptors (Lipinski definition) is 4. The highest BCUT2D eigenvalue weighted by Gasteiger charge is 2.35. The Morgan fingerprint density at radius 1 is 1.12 bits per heavy atom. The lowest BCUT2D eigenvalue weighted by molar-refractivity contribution is -0.144. The summed E-state index contributed by atoms with van der Waals surface area (Å²) < 4.78 is 58.4. The van der Waals surface area contributed by atoms with Crippen LogP contribution in [0.4, 0.5) is 17.6 Å². The van der Waals surface area contributed by atoms with E-state index in [9.17, 15) is 31.9 Å². The molecule has 25 heavy (non-hydrogen) atoms. The van der Waals surface area contributed by atoms with E-state index in [0.717, 1.165) is 19.2 Å². The summed E-state index contributed by atoms with van der Waals surface area (Å²) in [4.78, 5) is 36.1. The molecule has 0 N–H and O–H groups in total. The number of ketones is 1. The normalized spacial score (nSPS) is 14.2. The standard InChI is InChI=1S/C15H10F4N2O4/c1-20-12(15(17,18)19)6-13(23)21(14(20)24)9-4-7-10(22)2-3-25-11(7)5-8(9)16/h4-6H,2-3H2,1H3. The van der Waals surface area contributed by atoms with Gasteiger partial charge in [0.2, 0.25) is 0 Å². The summed E-state index contributed by atoms with van der Waals surface area (Å²) in [6.45, 7) is 0.0621. The van der Waals surface area contributed by atoms with Gasteiger partial charge in [-0.15, -0.1) is 0 Å². The highest BCUT2D eigenvalue weighted by Crippen LogP contribution is 2.29. The molecular formula is C15H10F4N2O4. The third kappa shape index (κ3) is 2.73. The van der Waals surface area contributed by atoms with Crippen LogP contribution in [0.5, 0.6) is 5.75 Å². The maximum absolute atomic E-state index is 14.3. The van der Waals surface area contributed by atoms with Crippen molar-refractivity contribution in [3.05, 3.63) is 56.1 Å². The first-order chi connectivity index (χ1) is 11.6. The zero-order valence-corrected chi connectivity index (χ0v) is 12.7. The van der Waals surface area contributed by atoms with Crippen molar-refractivity contribution in [1.82, 2.24) is 9.13 Å². The first-order valence-corrected chi connectivity index (χ1v) is 7.01. The van der Waals surface area contributed by atoms with Gasteiger partial charge in [0.1, 0.15) is 11.4 Å². The Morgan fingerprint density at radius 3 is 2.44 bits per heavy atom. The van der Waals surface area contributed by atoms with Gasteiger partial charge >= 0.3 is 11.9 Å². The second-order valence-corrected chi connectivity index (χ2v) is 5.36. The Morgan fingerprint density at radius 2 is 1.80 bits per heavy atom. The van der Waals surface area contributed by atoms with Crippen LogP contribution in [-0.4, -0.2) is 21.5 Å². The SMILES string of the molecule is Cn1c(C(F)(F)F)cc(=O)n(-c2cc3c(cc2F)OCCC3=O)c1=O. The van der Waals surface area contributed by atoms with Crippen molar-refractivity contribution in [2.75, 3.05) is 6.61 Å². The van der Waals surface area contributed by atoms with Gasteiger partial charge in [0.05, 0.1) is 17.9 Å². The molecule has 10 heteroatoms. The Hall–Kier alpha value is -2.91. The molecule has 1 aliphatic rings. The summed E-state index contributed by atoms with van der Waals surface area (Å²) in [5, 5.41) is 0. The number of halogens is 4. The van der Waals surface area contributed by atoms with Gasteiger partial charge in [0, 0.05) is 25.6 Å². The Kier molecular flexibility index (Phi) is 3.77. The second kappa shape index (κ2) is 5.57. The van der Waals surface area contributed by atoms with Gasteiger partial charge in [-0.3, -0.25) is 14.2 Å². The lowest BCUT2D eigenvalue weighted by Crippen LogP contribution is -2.41. The number of hydrogen-bond donors (Lipinski definition) is 0. The molecule has 1 aromatic carbocycles. The lowest BCUT2D eigenvalue weighted by Gasteiger charge is -2.19. The number of nitrogens with zero attached hydrogens (tertiary/aromatic N) is 2. The van der Waals surface area contributed by atoms with Crippen LogP contribution in [0.25, 0.3) is 5.69 Å². The van der Waals surface area contributed by atoms with Gasteiger partial charge in [-0.1, -0.05) is 0 Å². The Balaban J connectivity index is 2.30. The molecular weight excluding hydrogens is 348 g/mol. The average molecular weight is 358 g/mol. The van der Waals surface area contributed by atoms with E-state index in [-0.39, 0.29) is 45.3 Å². The molecule has 0 spiro atoms. The smallest absolute Gasteiger partial charge is 0.431 e. The van der Waals surface area contributed by atoms with Crippen LogP contribution in [0.15, 0.2) is 27.8 Å². The van der Waals surface area contributed by atoms with E-state index >= 15 is 0 Å². The molecule has 0 unspecified atom stereocenters. The predicted molar refractivity (Wildman–Crippen MR) is 76.7 cm³/mol. The summed E-state index contributed by atoms with van der Waals surface area (Å²) in [5.41, 5.74) is -4.87. The van der Waals surface area contributed by atoms with Crippen molar-refractivity contribution < 1.29 is 27.1 Å². The van der Waals surface area contributed by atoms with Crippen molar-refractivity contribution in [3.8, 4) is 11.4 Å². The summed E-state index contributed by atoms with van der Waals surface area (Å²) in [6.07, 6.45) is -4.90. The number of Topliss-reactive ketones (excluding diaryl/α,β-unsaturated/α-hetero) is 1. The summed E-state index contributed by atoms with van der Waals surface area (Å²) in [5.74, 6) is -1.51. The number of alkyl halides is 3. The average Bonchev–Trinajstić information content (AvgIpc) is 2.51. The number of fused-ring (bicyclic) bond motifs is 1. The minimum absolute atomic E-state index is 0.0258.